The molecule has 1 aromatic carbocycles. The molecule has 2 aromatic rings. The lowest BCUT2D eigenvalue weighted by Crippen LogP contribution is -2.22. The number of aryl methyl sites for hydroxylation is 1. The molecule has 1 aromatic heterocycles. The molecule has 0 saturated heterocycles. The largest absolute Gasteiger partial charge is 0.397 e. The third-order valence-corrected chi connectivity index (χ3v) is 3.68. The van der Waals surface area contributed by atoms with Gasteiger partial charge >= 0.3 is 0 Å². The van der Waals surface area contributed by atoms with E-state index >= 15 is 0 Å². The second-order valence-corrected chi connectivity index (χ2v) is 5.29. The summed E-state index contributed by atoms with van der Waals surface area (Å²) in [6.07, 6.45) is 3.05. The van der Waals surface area contributed by atoms with Crippen LogP contribution >= 0.6 is 0 Å². The highest BCUT2D eigenvalue weighted by Crippen LogP contribution is 2.33. The van der Waals surface area contributed by atoms with E-state index in [0.29, 0.717) is 13.0 Å². The van der Waals surface area contributed by atoms with Gasteiger partial charge in [0.2, 0.25) is 5.91 Å². The van der Waals surface area contributed by atoms with Gasteiger partial charge in [0.05, 0.1) is 23.6 Å². The van der Waals surface area contributed by atoms with Gasteiger partial charge in [0, 0.05) is 25.4 Å². The fourth-order valence-electron chi connectivity index (χ4n) is 2.59. The van der Waals surface area contributed by atoms with Crippen molar-refractivity contribution in [3.63, 3.8) is 0 Å². The average molecular weight is 282 g/mol. The fraction of sp³-hybridized carbons (Fsp3) is 0.250. The van der Waals surface area contributed by atoms with Crippen LogP contribution in [0.1, 0.15) is 17.7 Å². The monoisotopic (exact) mass is 282 g/mol. The zero-order valence-electron chi connectivity index (χ0n) is 12.0. The predicted molar refractivity (Wildman–Crippen MR) is 84.1 cm³/mol. The number of pyridine rings is 1. The number of nitrogens with one attached hydrogen (secondary N) is 1. The summed E-state index contributed by atoms with van der Waals surface area (Å²) in [7, 11) is 1.97. The van der Waals surface area contributed by atoms with Crippen molar-refractivity contribution in [1.29, 1.82) is 0 Å². The summed E-state index contributed by atoms with van der Waals surface area (Å²) < 4.78 is 0. The van der Waals surface area contributed by atoms with Gasteiger partial charge in [0.15, 0.2) is 0 Å². The van der Waals surface area contributed by atoms with Crippen molar-refractivity contribution in [2.75, 3.05) is 23.0 Å². The molecule has 5 heteroatoms. The Balaban J connectivity index is 1.87. The highest BCUT2D eigenvalue weighted by Gasteiger charge is 2.18. The van der Waals surface area contributed by atoms with Crippen molar-refractivity contribution >= 4 is 23.0 Å². The van der Waals surface area contributed by atoms with E-state index in [2.05, 4.69) is 10.3 Å². The lowest BCUT2D eigenvalue weighted by atomic mass is 10.0. The quantitative estimate of drug-likeness (QED) is 0.846. The van der Waals surface area contributed by atoms with Crippen LogP contribution in [0.5, 0.6) is 0 Å². The summed E-state index contributed by atoms with van der Waals surface area (Å²) in [5.74, 6) is 0.0607. The van der Waals surface area contributed by atoms with E-state index in [9.17, 15) is 4.79 Å². The molecule has 2 heterocycles. The molecule has 0 spiro atoms. The summed E-state index contributed by atoms with van der Waals surface area (Å²) in [6, 6.07) is 9.75. The molecule has 1 aliphatic heterocycles. The number of hydrogen-bond donors (Lipinski definition) is 2. The molecular formula is C16H18N4O. The Morgan fingerprint density at radius 1 is 1.33 bits per heavy atom. The van der Waals surface area contributed by atoms with E-state index < -0.39 is 0 Å². The number of carbonyl (C=O) groups is 1. The van der Waals surface area contributed by atoms with Crippen molar-refractivity contribution in [1.82, 2.24) is 4.98 Å². The number of rotatable bonds is 3. The Kier molecular flexibility index (Phi) is 3.48. The van der Waals surface area contributed by atoms with Gasteiger partial charge in [0.1, 0.15) is 0 Å². The first-order chi connectivity index (χ1) is 10.1. The van der Waals surface area contributed by atoms with Gasteiger partial charge in [-0.15, -0.1) is 0 Å². The van der Waals surface area contributed by atoms with Crippen LogP contribution in [-0.2, 0) is 17.8 Å². The summed E-state index contributed by atoms with van der Waals surface area (Å²) >= 11 is 0. The summed E-state index contributed by atoms with van der Waals surface area (Å²) in [5, 5.41) is 2.91. The van der Waals surface area contributed by atoms with Crippen LogP contribution in [-0.4, -0.2) is 17.9 Å². The van der Waals surface area contributed by atoms with E-state index in [1.165, 1.54) is 0 Å². The highest BCUT2D eigenvalue weighted by atomic mass is 16.1. The van der Waals surface area contributed by atoms with Crippen LogP contribution in [0.2, 0.25) is 0 Å². The maximum Gasteiger partial charge on any atom is 0.224 e. The second kappa shape index (κ2) is 5.44. The van der Waals surface area contributed by atoms with Gasteiger partial charge < -0.3 is 16.0 Å². The molecule has 0 bridgehead atoms. The Morgan fingerprint density at radius 2 is 2.19 bits per heavy atom. The van der Waals surface area contributed by atoms with Gasteiger partial charge in [-0.3, -0.25) is 9.78 Å². The van der Waals surface area contributed by atoms with Crippen molar-refractivity contribution in [3.05, 3.63) is 47.8 Å². The Bertz CT molecular complexity index is 669. The van der Waals surface area contributed by atoms with Crippen molar-refractivity contribution in [2.24, 2.45) is 0 Å². The van der Waals surface area contributed by atoms with Gasteiger partial charge in [-0.05, 0) is 36.2 Å². The maximum absolute atomic E-state index is 11.5. The van der Waals surface area contributed by atoms with Crippen molar-refractivity contribution in [3.8, 4) is 0 Å². The molecule has 1 amide bonds. The number of fused-ring (bicyclic) bond motifs is 1. The number of benzene rings is 1. The van der Waals surface area contributed by atoms with Gasteiger partial charge in [-0.1, -0.05) is 6.07 Å². The Morgan fingerprint density at radius 3 is 2.95 bits per heavy atom. The molecule has 0 fully saturated rings. The topological polar surface area (TPSA) is 71.2 Å². The fourth-order valence-corrected chi connectivity index (χ4v) is 2.59. The van der Waals surface area contributed by atoms with Gasteiger partial charge in [-0.25, -0.2) is 0 Å². The molecule has 3 N–H and O–H groups in total. The normalized spacial score (nSPS) is 13.5. The lowest BCUT2D eigenvalue weighted by Gasteiger charge is -2.25. The number of carbonyl (C=O) groups excluding carboxylic acids is 1. The number of nitrogen functional groups attached to an aromatic ring is 1. The zero-order chi connectivity index (χ0) is 14.8. The average Bonchev–Trinajstić information content (AvgIpc) is 2.48. The minimum Gasteiger partial charge on any atom is -0.397 e. The van der Waals surface area contributed by atoms with Crippen LogP contribution in [0.3, 0.4) is 0 Å². The summed E-state index contributed by atoms with van der Waals surface area (Å²) in [4.78, 5) is 17.9. The second-order valence-electron chi connectivity index (χ2n) is 5.29. The molecular weight excluding hydrogens is 264 g/mol. The maximum atomic E-state index is 11.5. The third-order valence-electron chi connectivity index (χ3n) is 3.68. The molecule has 1 aliphatic rings. The molecule has 0 aliphatic carbocycles. The number of aromatic nitrogens is 1. The van der Waals surface area contributed by atoms with Crippen LogP contribution in [0.4, 0.5) is 17.1 Å². The highest BCUT2D eigenvalue weighted by molar-refractivity contribution is 5.95. The smallest absolute Gasteiger partial charge is 0.224 e. The number of nitrogens with zero attached hydrogens (tertiary/aromatic N) is 2. The number of nitrogens with two attached hydrogens (primary N) is 1. The van der Waals surface area contributed by atoms with Crippen LogP contribution in [0.15, 0.2) is 36.5 Å². The van der Waals surface area contributed by atoms with E-state index in [-0.39, 0.29) is 5.91 Å². The Hall–Kier alpha value is -2.56. The number of hydrogen-bond acceptors (Lipinski definition) is 4. The predicted octanol–water partition coefficient (Wildman–Crippen LogP) is 2.18. The van der Waals surface area contributed by atoms with Gasteiger partial charge in [-0.2, -0.15) is 0 Å². The van der Waals surface area contributed by atoms with E-state index in [4.69, 9.17) is 5.73 Å². The SMILES string of the molecule is CN(Cc1ccccn1)c1cc2c(cc1N)CCC(=O)N2. The minimum atomic E-state index is 0.0607. The number of amides is 1. The Labute approximate surface area is 123 Å². The molecule has 3 rings (SSSR count). The van der Waals surface area contributed by atoms with Gasteiger partial charge in [0.25, 0.3) is 0 Å². The molecule has 0 radical (unpaired) electrons. The molecule has 5 nitrogen and oxygen atoms in total. The summed E-state index contributed by atoms with van der Waals surface area (Å²) in [5.41, 5.74) is 10.7. The van der Waals surface area contributed by atoms with Crippen molar-refractivity contribution < 1.29 is 4.79 Å². The standard InChI is InChI=1S/C16H18N4O/c1-20(10-12-4-2-3-7-18-12)15-9-14-11(8-13(15)17)5-6-16(21)19-14/h2-4,7-9H,5-6,10,17H2,1H3,(H,19,21). The first-order valence-electron chi connectivity index (χ1n) is 6.97. The molecule has 0 unspecified atom stereocenters. The van der Waals surface area contributed by atoms with E-state index in [1.807, 2.05) is 42.3 Å². The molecule has 108 valence electrons. The van der Waals surface area contributed by atoms with Crippen LogP contribution < -0.4 is 16.0 Å². The molecule has 0 atom stereocenters. The minimum absolute atomic E-state index is 0.0607. The van der Waals surface area contributed by atoms with E-state index in [1.54, 1.807) is 6.20 Å². The molecule has 0 saturated carbocycles. The first-order valence-corrected chi connectivity index (χ1v) is 6.97. The zero-order valence-corrected chi connectivity index (χ0v) is 12.0. The van der Waals surface area contributed by atoms with E-state index in [0.717, 1.165) is 34.7 Å². The third kappa shape index (κ3) is 2.81. The number of anilines is 3. The van der Waals surface area contributed by atoms with Crippen molar-refractivity contribution in [2.45, 2.75) is 19.4 Å². The lowest BCUT2D eigenvalue weighted by molar-refractivity contribution is -0.116. The molecule has 21 heavy (non-hydrogen) atoms. The van der Waals surface area contributed by atoms with Crippen LogP contribution in [0, 0.1) is 0 Å². The summed E-state index contributed by atoms with van der Waals surface area (Å²) in [6.45, 7) is 0.664. The first kappa shape index (κ1) is 13.4. The van der Waals surface area contributed by atoms with Crippen LogP contribution in [0.25, 0.3) is 0 Å².